The van der Waals surface area contributed by atoms with Gasteiger partial charge in [0.2, 0.25) is 0 Å². The first-order chi connectivity index (χ1) is 9.57. The van der Waals surface area contributed by atoms with E-state index in [1.807, 2.05) is 0 Å². The zero-order valence-electron chi connectivity index (χ0n) is 13.5. The van der Waals surface area contributed by atoms with Crippen LogP contribution in [-0.2, 0) is 9.53 Å². The maximum Gasteiger partial charge on any atom is 0.311 e. The van der Waals surface area contributed by atoms with Gasteiger partial charge in [0.25, 0.3) is 0 Å². The van der Waals surface area contributed by atoms with Crippen LogP contribution in [0.3, 0.4) is 0 Å². The van der Waals surface area contributed by atoms with Crippen LogP contribution in [0.1, 0.15) is 78.1 Å². The number of ether oxygens (including phenoxy) is 1. The first-order valence-electron chi connectivity index (χ1n) is 8.37. The molecule has 1 fully saturated rings. The van der Waals surface area contributed by atoms with Crippen LogP contribution in [0, 0.1) is 11.8 Å². The molecule has 0 aliphatic heterocycles. The van der Waals surface area contributed by atoms with Crippen molar-refractivity contribution >= 4 is 5.97 Å². The van der Waals surface area contributed by atoms with E-state index in [1.165, 1.54) is 26.4 Å². The summed E-state index contributed by atoms with van der Waals surface area (Å²) in [6, 6.07) is 0. The molecule has 3 unspecified atom stereocenters. The zero-order valence-corrected chi connectivity index (χ0v) is 13.5. The van der Waals surface area contributed by atoms with Gasteiger partial charge in [-0.1, -0.05) is 52.4 Å². The fourth-order valence-corrected chi connectivity index (χ4v) is 3.62. The second-order valence-electron chi connectivity index (χ2n) is 6.41. The second-order valence-corrected chi connectivity index (χ2v) is 6.41. The molecule has 0 aromatic carbocycles. The summed E-state index contributed by atoms with van der Waals surface area (Å²) in [6.07, 6.45) is 9.98. The number of methoxy groups -OCH3 is 1. The Bertz CT molecular complexity index is 290. The third-order valence-electron chi connectivity index (χ3n) is 4.89. The largest absolute Gasteiger partial charge is 0.469 e. The molecule has 3 atom stereocenters. The molecule has 0 bridgehead atoms. The van der Waals surface area contributed by atoms with E-state index in [4.69, 9.17) is 4.74 Å². The van der Waals surface area contributed by atoms with Crippen molar-refractivity contribution in [2.45, 2.75) is 83.7 Å². The van der Waals surface area contributed by atoms with E-state index in [2.05, 4.69) is 13.8 Å². The van der Waals surface area contributed by atoms with Gasteiger partial charge in [-0.25, -0.2) is 0 Å². The van der Waals surface area contributed by atoms with Crippen LogP contribution >= 0.6 is 0 Å². The third-order valence-corrected chi connectivity index (χ3v) is 4.89. The lowest BCUT2D eigenvalue weighted by Crippen LogP contribution is -2.42. The molecule has 1 aliphatic rings. The molecular formula is C17H32O3. The van der Waals surface area contributed by atoms with Crippen molar-refractivity contribution in [2.24, 2.45) is 11.8 Å². The average Bonchev–Trinajstić information content (AvgIpc) is 2.62. The lowest BCUT2D eigenvalue weighted by Gasteiger charge is -2.34. The summed E-state index contributed by atoms with van der Waals surface area (Å²) in [5, 5.41) is 11.0. The van der Waals surface area contributed by atoms with Gasteiger partial charge in [-0.2, -0.15) is 0 Å². The standard InChI is InChI=1S/C17H32O3/c1-4-6-10-15(16(18)20-3)17(19)12-7-9-14(8-5-2)11-13-17/h14-15,19H,4-13H2,1-3H3. The summed E-state index contributed by atoms with van der Waals surface area (Å²) >= 11 is 0. The van der Waals surface area contributed by atoms with Crippen LogP contribution in [0.15, 0.2) is 0 Å². The van der Waals surface area contributed by atoms with E-state index in [9.17, 15) is 9.90 Å². The highest BCUT2D eigenvalue weighted by molar-refractivity contribution is 5.73. The van der Waals surface area contributed by atoms with Crippen molar-refractivity contribution in [3.63, 3.8) is 0 Å². The van der Waals surface area contributed by atoms with Crippen molar-refractivity contribution < 1.29 is 14.6 Å². The van der Waals surface area contributed by atoms with E-state index in [0.29, 0.717) is 0 Å². The Hall–Kier alpha value is -0.570. The molecule has 1 N–H and O–H groups in total. The van der Waals surface area contributed by atoms with Crippen molar-refractivity contribution in [1.29, 1.82) is 0 Å². The summed E-state index contributed by atoms with van der Waals surface area (Å²) < 4.78 is 4.94. The number of hydrogen-bond donors (Lipinski definition) is 1. The highest BCUT2D eigenvalue weighted by Gasteiger charge is 2.42. The van der Waals surface area contributed by atoms with E-state index in [1.54, 1.807) is 0 Å². The zero-order chi connectivity index (χ0) is 15.0. The smallest absolute Gasteiger partial charge is 0.311 e. The predicted octanol–water partition coefficient (Wildman–Crippen LogP) is 4.08. The normalized spacial score (nSPS) is 28.7. The summed E-state index contributed by atoms with van der Waals surface area (Å²) in [7, 11) is 1.43. The van der Waals surface area contributed by atoms with Crippen LogP contribution in [0.25, 0.3) is 0 Å². The lowest BCUT2D eigenvalue weighted by molar-refractivity contribution is -0.157. The third kappa shape index (κ3) is 4.76. The quantitative estimate of drug-likeness (QED) is 0.566. The van der Waals surface area contributed by atoms with Crippen molar-refractivity contribution in [2.75, 3.05) is 7.11 Å². The molecule has 0 radical (unpaired) electrons. The fraction of sp³-hybridized carbons (Fsp3) is 0.941. The molecule has 0 aromatic heterocycles. The SMILES string of the molecule is CCCCC(C(=O)OC)C1(O)CCCC(CCC)CC1. The van der Waals surface area contributed by atoms with Crippen LogP contribution in [0.2, 0.25) is 0 Å². The van der Waals surface area contributed by atoms with Crippen molar-refractivity contribution in [3.8, 4) is 0 Å². The molecule has 0 spiro atoms. The molecule has 3 heteroatoms. The van der Waals surface area contributed by atoms with Gasteiger partial charge in [0.05, 0.1) is 18.6 Å². The minimum atomic E-state index is -0.843. The molecular weight excluding hydrogens is 252 g/mol. The maximum absolute atomic E-state index is 12.1. The molecule has 118 valence electrons. The summed E-state index contributed by atoms with van der Waals surface area (Å²) in [4.78, 5) is 12.1. The second kappa shape index (κ2) is 8.66. The molecule has 0 amide bonds. The minimum absolute atomic E-state index is 0.227. The van der Waals surface area contributed by atoms with E-state index < -0.39 is 5.60 Å². The number of esters is 1. The average molecular weight is 284 g/mol. The Morgan fingerprint density at radius 3 is 2.65 bits per heavy atom. The Kier molecular flexibility index (Phi) is 7.57. The number of carbonyl (C=O) groups is 1. The highest BCUT2D eigenvalue weighted by atomic mass is 16.5. The van der Waals surface area contributed by atoms with Gasteiger partial charge >= 0.3 is 5.97 Å². The molecule has 0 heterocycles. The topological polar surface area (TPSA) is 46.5 Å². The number of hydrogen-bond acceptors (Lipinski definition) is 3. The Labute approximate surface area is 124 Å². The molecule has 0 aromatic rings. The Morgan fingerprint density at radius 1 is 1.30 bits per heavy atom. The summed E-state index contributed by atoms with van der Waals surface area (Å²) in [6.45, 7) is 4.33. The number of carbonyl (C=O) groups excluding carboxylic acids is 1. The van der Waals surface area contributed by atoms with Gasteiger partial charge in [0, 0.05) is 0 Å². The molecule has 3 nitrogen and oxygen atoms in total. The Balaban J connectivity index is 2.73. The lowest BCUT2D eigenvalue weighted by atomic mass is 9.78. The van der Waals surface area contributed by atoms with Crippen LogP contribution < -0.4 is 0 Å². The number of rotatable bonds is 7. The van der Waals surface area contributed by atoms with E-state index >= 15 is 0 Å². The monoisotopic (exact) mass is 284 g/mol. The molecule has 20 heavy (non-hydrogen) atoms. The summed E-state index contributed by atoms with van der Waals surface area (Å²) in [5.74, 6) is 0.154. The fourth-order valence-electron chi connectivity index (χ4n) is 3.62. The molecule has 1 aliphatic carbocycles. The van der Waals surface area contributed by atoms with Crippen LogP contribution in [0.4, 0.5) is 0 Å². The molecule has 0 saturated heterocycles. The van der Waals surface area contributed by atoms with E-state index in [0.717, 1.165) is 50.9 Å². The van der Waals surface area contributed by atoms with E-state index in [-0.39, 0.29) is 11.9 Å². The van der Waals surface area contributed by atoms with Crippen molar-refractivity contribution in [1.82, 2.24) is 0 Å². The van der Waals surface area contributed by atoms with Gasteiger partial charge in [-0.15, -0.1) is 0 Å². The van der Waals surface area contributed by atoms with Crippen LogP contribution in [-0.4, -0.2) is 23.8 Å². The number of aliphatic hydroxyl groups is 1. The Morgan fingerprint density at radius 2 is 2.05 bits per heavy atom. The van der Waals surface area contributed by atoms with Gasteiger partial charge in [0.15, 0.2) is 0 Å². The van der Waals surface area contributed by atoms with Crippen molar-refractivity contribution in [3.05, 3.63) is 0 Å². The molecule has 1 saturated carbocycles. The van der Waals surface area contributed by atoms with Gasteiger partial charge in [-0.3, -0.25) is 4.79 Å². The maximum atomic E-state index is 12.1. The van der Waals surface area contributed by atoms with Gasteiger partial charge < -0.3 is 9.84 Å². The minimum Gasteiger partial charge on any atom is -0.469 e. The first kappa shape index (κ1) is 17.5. The van der Waals surface area contributed by atoms with Gasteiger partial charge in [0.1, 0.15) is 0 Å². The molecule has 1 rings (SSSR count). The first-order valence-corrected chi connectivity index (χ1v) is 8.37. The predicted molar refractivity (Wildman–Crippen MR) is 81.5 cm³/mol. The summed E-state index contributed by atoms with van der Waals surface area (Å²) in [5.41, 5.74) is -0.843. The van der Waals surface area contributed by atoms with Crippen LogP contribution in [0.5, 0.6) is 0 Å². The van der Waals surface area contributed by atoms with Gasteiger partial charge in [-0.05, 0) is 31.6 Å². The highest BCUT2D eigenvalue weighted by Crippen LogP contribution is 2.39. The number of unbranched alkanes of at least 4 members (excludes halogenated alkanes) is 1.